The molecule has 1 N–H and O–H groups in total. The fourth-order valence-electron chi connectivity index (χ4n) is 3.80. The zero-order chi connectivity index (χ0) is 14.8. The van der Waals surface area contributed by atoms with E-state index in [2.05, 4.69) is 0 Å². The smallest absolute Gasteiger partial charge is 0.427 e. The van der Waals surface area contributed by atoms with Gasteiger partial charge in [-0.15, -0.1) is 0 Å². The summed E-state index contributed by atoms with van der Waals surface area (Å²) in [6.45, 7) is 0. The summed E-state index contributed by atoms with van der Waals surface area (Å²) in [7, 11) is 2.35. The van der Waals surface area contributed by atoms with E-state index in [1.165, 1.54) is 19.3 Å². The molecule has 2 heterocycles. The average Bonchev–Trinajstić information content (AvgIpc) is 2.92. The molecular formula is C14H25BO6. The molecule has 2 aliphatic heterocycles. The van der Waals surface area contributed by atoms with Crippen molar-refractivity contribution in [2.45, 2.75) is 69.3 Å². The standard InChI is InChI=1S/C14H25BO6/c1-17-13(18-2)14-19-10-8-15(16)21-11(12(10)20-14)9-6-4-3-5-7-9/h9-14,16H,3-8H2,1-2H3/t10-,11-,12-,14?/m0/s1. The van der Waals surface area contributed by atoms with Gasteiger partial charge >= 0.3 is 7.12 Å². The van der Waals surface area contributed by atoms with Crippen molar-refractivity contribution in [3.63, 3.8) is 0 Å². The second kappa shape index (κ2) is 6.94. The highest BCUT2D eigenvalue weighted by Gasteiger charge is 2.52. The maximum absolute atomic E-state index is 9.98. The van der Waals surface area contributed by atoms with E-state index in [4.69, 9.17) is 23.6 Å². The molecule has 4 atom stereocenters. The molecule has 3 rings (SSSR count). The minimum Gasteiger partial charge on any atom is -0.427 e. The summed E-state index contributed by atoms with van der Waals surface area (Å²) >= 11 is 0. The SMILES string of the molecule is COC(OC)C1O[C@H]2[C@H](CB(O)O[C@H]2C2CCCCC2)O1. The van der Waals surface area contributed by atoms with E-state index >= 15 is 0 Å². The van der Waals surface area contributed by atoms with E-state index < -0.39 is 19.7 Å². The van der Waals surface area contributed by atoms with Gasteiger partial charge in [0.05, 0.1) is 12.2 Å². The van der Waals surface area contributed by atoms with Gasteiger partial charge in [-0.3, -0.25) is 0 Å². The predicted molar refractivity (Wildman–Crippen MR) is 75.6 cm³/mol. The van der Waals surface area contributed by atoms with Gasteiger partial charge in [0.2, 0.25) is 12.6 Å². The Morgan fingerprint density at radius 2 is 1.76 bits per heavy atom. The van der Waals surface area contributed by atoms with Crippen LogP contribution in [0.5, 0.6) is 0 Å². The van der Waals surface area contributed by atoms with Crippen molar-refractivity contribution < 1.29 is 28.6 Å². The zero-order valence-electron chi connectivity index (χ0n) is 12.8. The number of rotatable bonds is 4. The highest BCUT2D eigenvalue weighted by molar-refractivity contribution is 6.43. The lowest BCUT2D eigenvalue weighted by Crippen LogP contribution is -2.51. The molecule has 7 heteroatoms. The molecule has 0 amide bonds. The van der Waals surface area contributed by atoms with Gasteiger partial charge in [-0.2, -0.15) is 0 Å². The Labute approximate surface area is 126 Å². The quantitative estimate of drug-likeness (QED) is 0.621. The van der Waals surface area contributed by atoms with Crippen LogP contribution in [0, 0.1) is 5.92 Å². The Morgan fingerprint density at radius 3 is 2.43 bits per heavy atom. The third kappa shape index (κ3) is 3.28. The molecule has 3 fully saturated rings. The molecule has 0 aromatic rings. The van der Waals surface area contributed by atoms with Crippen LogP contribution in [-0.4, -0.2) is 57.3 Å². The maximum atomic E-state index is 9.98. The van der Waals surface area contributed by atoms with Gasteiger partial charge in [0.15, 0.2) is 0 Å². The summed E-state index contributed by atoms with van der Waals surface area (Å²) < 4.78 is 28.2. The minimum absolute atomic E-state index is 0.0987. The monoisotopic (exact) mass is 300 g/mol. The van der Waals surface area contributed by atoms with E-state index in [1.807, 2.05) is 0 Å². The normalized spacial score (nSPS) is 38.0. The van der Waals surface area contributed by atoms with E-state index in [9.17, 15) is 5.02 Å². The molecule has 1 aliphatic carbocycles. The number of ether oxygens (including phenoxy) is 4. The topological polar surface area (TPSA) is 66.4 Å². The lowest BCUT2D eigenvalue weighted by Gasteiger charge is -2.39. The minimum atomic E-state index is -0.774. The van der Waals surface area contributed by atoms with Crippen molar-refractivity contribution in [2.24, 2.45) is 5.92 Å². The first-order chi connectivity index (χ1) is 10.2. The summed E-state index contributed by atoms with van der Waals surface area (Å²) in [6.07, 6.45) is 4.92. The molecular weight excluding hydrogens is 275 g/mol. The Bertz CT molecular complexity index is 333. The molecule has 2 saturated heterocycles. The second-order valence-electron chi connectivity index (χ2n) is 6.17. The van der Waals surface area contributed by atoms with Crippen molar-refractivity contribution in [1.29, 1.82) is 0 Å². The molecule has 0 spiro atoms. The third-order valence-electron chi connectivity index (χ3n) is 4.84. The van der Waals surface area contributed by atoms with E-state index in [0.29, 0.717) is 12.2 Å². The van der Waals surface area contributed by atoms with Crippen molar-refractivity contribution in [3.8, 4) is 0 Å². The van der Waals surface area contributed by atoms with Crippen LogP contribution in [0.25, 0.3) is 0 Å². The Kier molecular flexibility index (Phi) is 5.19. The summed E-state index contributed by atoms with van der Waals surface area (Å²) in [4.78, 5) is 0. The zero-order valence-corrected chi connectivity index (χ0v) is 12.8. The van der Waals surface area contributed by atoms with Gasteiger partial charge in [0, 0.05) is 20.5 Å². The maximum Gasteiger partial charge on any atom is 0.457 e. The first-order valence-electron chi connectivity index (χ1n) is 7.93. The van der Waals surface area contributed by atoms with Crippen LogP contribution in [0.1, 0.15) is 32.1 Å². The van der Waals surface area contributed by atoms with Crippen LogP contribution in [-0.2, 0) is 23.6 Å². The summed E-state index contributed by atoms with van der Waals surface area (Å²) in [5, 5.41) is 9.98. The number of hydrogen-bond donors (Lipinski definition) is 1. The Morgan fingerprint density at radius 1 is 1.05 bits per heavy atom. The Balaban J connectivity index is 1.70. The molecule has 3 aliphatic rings. The number of fused-ring (bicyclic) bond motifs is 1. The van der Waals surface area contributed by atoms with Crippen LogP contribution in [0.4, 0.5) is 0 Å². The summed E-state index contributed by atoms with van der Waals surface area (Å²) in [5.41, 5.74) is 0. The van der Waals surface area contributed by atoms with E-state index in [0.717, 1.165) is 12.8 Å². The molecule has 1 saturated carbocycles. The summed E-state index contributed by atoms with van der Waals surface area (Å²) in [5.74, 6) is 0.437. The fourth-order valence-corrected chi connectivity index (χ4v) is 3.80. The van der Waals surface area contributed by atoms with Gasteiger partial charge < -0.3 is 28.6 Å². The molecule has 0 radical (unpaired) electrons. The van der Waals surface area contributed by atoms with Gasteiger partial charge in [-0.05, 0) is 18.8 Å². The van der Waals surface area contributed by atoms with Gasteiger partial charge in [-0.25, -0.2) is 0 Å². The number of methoxy groups -OCH3 is 2. The lowest BCUT2D eigenvalue weighted by atomic mass is 9.71. The highest BCUT2D eigenvalue weighted by atomic mass is 16.8. The molecule has 0 aromatic carbocycles. The van der Waals surface area contributed by atoms with Crippen molar-refractivity contribution >= 4 is 7.12 Å². The van der Waals surface area contributed by atoms with Gasteiger partial charge in [0.1, 0.15) is 6.10 Å². The molecule has 0 aromatic heterocycles. The third-order valence-corrected chi connectivity index (χ3v) is 4.84. The molecule has 6 nitrogen and oxygen atoms in total. The first kappa shape index (κ1) is 15.7. The van der Waals surface area contributed by atoms with Gasteiger partial charge in [0.25, 0.3) is 0 Å². The molecule has 21 heavy (non-hydrogen) atoms. The van der Waals surface area contributed by atoms with Gasteiger partial charge in [-0.1, -0.05) is 19.3 Å². The van der Waals surface area contributed by atoms with Crippen LogP contribution < -0.4 is 0 Å². The van der Waals surface area contributed by atoms with Crippen LogP contribution in [0.2, 0.25) is 6.32 Å². The fraction of sp³-hybridized carbons (Fsp3) is 1.00. The highest BCUT2D eigenvalue weighted by Crippen LogP contribution is 2.39. The van der Waals surface area contributed by atoms with E-state index in [1.54, 1.807) is 14.2 Å². The van der Waals surface area contributed by atoms with Crippen molar-refractivity contribution in [1.82, 2.24) is 0 Å². The van der Waals surface area contributed by atoms with E-state index in [-0.39, 0.29) is 18.3 Å². The van der Waals surface area contributed by atoms with Crippen molar-refractivity contribution in [2.75, 3.05) is 14.2 Å². The first-order valence-corrected chi connectivity index (χ1v) is 7.93. The molecule has 120 valence electrons. The summed E-state index contributed by atoms with van der Waals surface area (Å²) in [6, 6.07) is 0. The molecule has 1 unspecified atom stereocenters. The van der Waals surface area contributed by atoms with Crippen molar-refractivity contribution in [3.05, 3.63) is 0 Å². The lowest BCUT2D eigenvalue weighted by molar-refractivity contribution is -0.240. The van der Waals surface area contributed by atoms with Crippen LogP contribution in [0.15, 0.2) is 0 Å². The average molecular weight is 300 g/mol. The van der Waals surface area contributed by atoms with Crippen LogP contribution in [0.3, 0.4) is 0 Å². The predicted octanol–water partition coefficient (Wildman–Crippen LogP) is 1.17. The Hall–Kier alpha value is -0.175. The second-order valence-corrected chi connectivity index (χ2v) is 6.17. The number of hydrogen-bond acceptors (Lipinski definition) is 6. The largest absolute Gasteiger partial charge is 0.457 e. The molecule has 0 bridgehead atoms. The van der Waals surface area contributed by atoms with Crippen LogP contribution >= 0.6 is 0 Å².